The fourth-order valence-electron chi connectivity index (χ4n) is 1.71. The van der Waals surface area contributed by atoms with Gasteiger partial charge < -0.3 is 10.1 Å². The highest BCUT2D eigenvalue weighted by molar-refractivity contribution is 5.61. The lowest BCUT2D eigenvalue weighted by molar-refractivity contribution is 0.202. The molecule has 0 saturated carbocycles. The molecule has 100 valence electrons. The minimum atomic E-state index is 0.374. The van der Waals surface area contributed by atoms with E-state index >= 15 is 0 Å². The summed E-state index contributed by atoms with van der Waals surface area (Å²) in [5.41, 5.74) is 4.59. The second-order valence-electron chi connectivity index (χ2n) is 3.93. The summed E-state index contributed by atoms with van der Waals surface area (Å²) in [5.74, 6) is 6.35. The molecule has 2 aromatic rings. The lowest BCUT2D eigenvalue weighted by Gasteiger charge is -2.11. The SMILES string of the molecule is COCCc1ccccc1Nc1ccnc(NN)n1. The number of hydrazine groups is 1. The second-order valence-corrected chi connectivity index (χ2v) is 3.93. The topological polar surface area (TPSA) is 85.1 Å². The Balaban J connectivity index is 2.17. The van der Waals surface area contributed by atoms with Crippen LogP contribution in [0.1, 0.15) is 5.56 Å². The largest absolute Gasteiger partial charge is 0.384 e. The highest BCUT2D eigenvalue weighted by Gasteiger charge is 2.03. The number of anilines is 3. The van der Waals surface area contributed by atoms with Gasteiger partial charge in [0.1, 0.15) is 5.82 Å². The zero-order valence-electron chi connectivity index (χ0n) is 10.8. The van der Waals surface area contributed by atoms with Crippen LogP contribution in [0.15, 0.2) is 36.5 Å². The maximum atomic E-state index is 5.29. The Bertz CT molecular complexity index is 532. The first kappa shape index (κ1) is 13.3. The average molecular weight is 259 g/mol. The molecule has 0 saturated heterocycles. The molecular formula is C13H17N5O. The third-order valence-corrected chi connectivity index (χ3v) is 2.64. The van der Waals surface area contributed by atoms with Crippen LogP contribution < -0.4 is 16.6 Å². The van der Waals surface area contributed by atoms with Crippen molar-refractivity contribution in [2.24, 2.45) is 5.84 Å². The summed E-state index contributed by atoms with van der Waals surface area (Å²) in [6.07, 6.45) is 2.48. The van der Waals surface area contributed by atoms with Crippen molar-refractivity contribution in [3.05, 3.63) is 42.1 Å². The molecular weight excluding hydrogens is 242 g/mol. The van der Waals surface area contributed by atoms with E-state index in [0.29, 0.717) is 18.4 Å². The number of hydrogen-bond acceptors (Lipinski definition) is 6. The molecule has 6 nitrogen and oxygen atoms in total. The van der Waals surface area contributed by atoms with Crippen LogP contribution in [0.3, 0.4) is 0 Å². The Labute approximate surface area is 112 Å². The number of hydrogen-bond donors (Lipinski definition) is 3. The number of para-hydroxylation sites is 1. The number of nitrogens with two attached hydrogens (primary N) is 1. The van der Waals surface area contributed by atoms with Gasteiger partial charge in [-0.3, -0.25) is 5.43 Å². The number of aromatic nitrogens is 2. The normalized spacial score (nSPS) is 10.2. The van der Waals surface area contributed by atoms with Gasteiger partial charge in [0, 0.05) is 19.0 Å². The molecule has 0 atom stereocenters. The number of nitrogen functional groups attached to an aromatic ring is 1. The molecule has 0 aliphatic rings. The first-order chi connectivity index (χ1) is 9.33. The van der Waals surface area contributed by atoms with Crippen molar-refractivity contribution >= 4 is 17.5 Å². The number of rotatable bonds is 6. The summed E-state index contributed by atoms with van der Waals surface area (Å²) in [6, 6.07) is 9.83. The standard InChI is InChI=1S/C13H17N5O/c1-19-9-7-10-4-2-3-5-11(10)16-12-6-8-15-13(17-12)18-14/h2-6,8H,7,9,14H2,1H3,(H2,15,16,17,18). The molecule has 4 N–H and O–H groups in total. The smallest absolute Gasteiger partial charge is 0.239 e. The van der Waals surface area contributed by atoms with Crippen LogP contribution in [0.5, 0.6) is 0 Å². The van der Waals surface area contributed by atoms with E-state index in [2.05, 4.69) is 26.8 Å². The molecule has 1 aromatic heterocycles. The average Bonchev–Trinajstić information content (AvgIpc) is 2.46. The van der Waals surface area contributed by atoms with Crippen LogP contribution in [0.25, 0.3) is 0 Å². The van der Waals surface area contributed by atoms with Crippen molar-refractivity contribution in [3.63, 3.8) is 0 Å². The molecule has 0 aliphatic carbocycles. The maximum Gasteiger partial charge on any atom is 0.239 e. The zero-order valence-corrected chi connectivity index (χ0v) is 10.8. The highest BCUT2D eigenvalue weighted by Crippen LogP contribution is 2.20. The van der Waals surface area contributed by atoms with Crippen LogP contribution in [0.2, 0.25) is 0 Å². The van der Waals surface area contributed by atoms with E-state index in [0.717, 1.165) is 12.1 Å². The van der Waals surface area contributed by atoms with E-state index in [1.165, 1.54) is 5.56 Å². The summed E-state index contributed by atoms with van der Waals surface area (Å²) >= 11 is 0. The molecule has 1 heterocycles. The lowest BCUT2D eigenvalue weighted by Crippen LogP contribution is -2.11. The summed E-state index contributed by atoms with van der Waals surface area (Å²) in [4.78, 5) is 8.18. The van der Waals surface area contributed by atoms with Gasteiger partial charge in [-0.15, -0.1) is 0 Å². The van der Waals surface area contributed by atoms with E-state index in [1.54, 1.807) is 19.4 Å². The molecule has 1 aromatic carbocycles. The van der Waals surface area contributed by atoms with Gasteiger partial charge in [-0.1, -0.05) is 18.2 Å². The molecule has 6 heteroatoms. The number of ether oxygens (including phenoxy) is 1. The van der Waals surface area contributed by atoms with Gasteiger partial charge in [0.15, 0.2) is 0 Å². The molecule has 0 bridgehead atoms. The predicted molar refractivity (Wildman–Crippen MR) is 75.1 cm³/mol. The fraction of sp³-hybridized carbons (Fsp3) is 0.231. The Morgan fingerprint density at radius 1 is 1.26 bits per heavy atom. The zero-order chi connectivity index (χ0) is 13.5. The fourth-order valence-corrected chi connectivity index (χ4v) is 1.71. The third-order valence-electron chi connectivity index (χ3n) is 2.64. The maximum absolute atomic E-state index is 5.29. The molecule has 0 spiro atoms. The van der Waals surface area contributed by atoms with Gasteiger partial charge in [-0.2, -0.15) is 4.98 Å². The van der Waals surface area contributed by atoms with E-state index in [1.807, 2.05) is 18.2 Å². The van der Waals surface area contributed by atoms with Crippen molar-refractivity contribution in [1.29, 1.82) is 0 Å². The van der Waals surface area contributed by atoms with Gasteiger partial charge in [-0.25, -0.2) is 10.8 Å². The summed E-state index contributed by atoms with van der Waals surface area (Å²) < 4.78 is 5.11. The number of methoxy groups -OCH3 is 1. The Hall–Kier alpha value is -2.18. The lowest BCUT2D eigenvalue weighted by atomic mass is 10.1. The summed E-state index contributed by atoms with van der Waals surface area (Å²) in [7, 11) is 1.69. The third kappa shape index (κ3) is 3.64. The molecule has 0 amide bonds. The summed E-state index contributed by atoms with van der Waals surface area (Å²) in [6.45, 7) is 0.679. The first-order valence-electron chi connectivity index (χ1n) is 5.97. The van der Waals surface area contributed by atoms with Crippen molar-refractivity contribution in [2.75, 3.05) is 24.5 Å². The van der Waals surface area contributed by atoms with Crippen LogP contribution >= 0.6 is 0 Å². The van der Waals surface area contributed by atoms with E-state index in [4.69, 9.17) is 10.6 Å². The van der Waals surface area contributed by atoms with E-state index in [-0.39, 0.29) is 0 Å². The minimum absolute atomic E-state index is 0.374. The first-order valence-corrected chi connectivity index (χ1v) is 5.97. The number of benzene rings is 1. The molecule has 0 unspecified atom stereocenters. The number of nitrogens with zero attached hydrogens (tertiary/aromatic N) is 2. The van der Waals surface area contributed by atoms with Crippen molar-refractivity contribution in [1.82, 2.24) is 9.97 Å². The van der Waals surface area contributed by atoms with Crippen molar-refractivity contribution in [2.45, 2.75) is 6.42 Å². The summed E-state index contributed by atoms with van der Waals surface area (Å²) in [5, 5.41) is 3.25. The van der Waals surface area contributed by atoms with Crippen LogP contribution in [-0.2, 0) is 11.2 Å². The van der Waals surface area contributed by atoms with Gasteiger partial charge in [0.05, 0.1) is 6.61 Å². The molecule has 2 rings (SSSR count). The highest BCUT2D eigenvalue weighted by atomic mass is 16.5. The molecule has 0 aliphatic heterocycles. The van der Waals surface area contributed by atoms with E-state index in [9.17, 15) is 0 Å². The molecule has 0 radical (unpaired) electrons. The van der Waals surface area contributed by atoms with Gasteiger partial charge in [0.2, 0.25) is 5.95 Å². The predicted octanol–water partition coefficient (Wildman–Crippen LogP) is 1.69. The van der Waals surface area contributed by atoms with Gasteiger partial charge in [-0.05, 0) is 24.1 Å². The van der Waals surface area contributed by atoms with Gasteiger partial charge in [0.25, 0.3) is 0 Å². The van der Waals surface area contributed by atoms with Crippen LogP contribution in [0.4, 0.5) is 17.5 Å². The quantitative estimate of drug-likeness (QED) is 0.541. The minimum Gasteiger partial charge on any atom is -0.384 e. The van der Waals surface area contributed by atoms with E-state index < -0.39 is 0 Å². The van der Waals surface area contributed by atoms with Crippen LogP contribution in [-0.4, -0.2) is 23.7 Å². The van der Waals surface area contributed by atoms with Gasteiger partial charge >= 0.3 is 0 Å². The molecule has 0 fully saturated rings. The van der Waals surface area contributed by atoms with Crippen molar-refractivity contribution in [3.8, 4) is 0 Å². The Kier molecular flexibility index (Phi) is 4.66. The van der Waals surface area contributed by atoms with Crippen LogP contribution in [0, 0.1) is 0 Å². The van der Waals surface area contributed by atoms with Crippen molar-refractivity contribution < 1.29 is 4.74 Å². The molecule has 19 heavy (non-hydrogen) atoms. The Morgan fingerprint density at radius 2 is 2.11 bits per heavy atom. The number of nitrogens with one attached hydrogen (secondary N) is 2. The Morgan fingerprint density at radius 3 is 2.89 bits per heavy atom. The monoisotopic (exact) mass is 259 g/mol. The second kappa shape index (κ2) is 6.67.